The van der Waals surface area contributed by atoms with Gasteiger partial charge in [-0.3, -0.25) is 4.79 Å². The van der Waals surface area contributed by atoms with Crippen LogP contribution in [0.15, 0.2) is 48.8 Å². The molecular weight excluding hydrogens is 547 g/mol. The molecule has 0 radical (unpaired) electrons. The van der Waals surface area contributed by atoms with Crippen LogP contribution in [0.2, 0.25) is 5.02 Å². The van der Waals surface area contributed by atoms with Crippen LogP contribution in [0, 0.1) is 0 Å². The molecule has 2 atom stereocenters. The number of halogens is 2. The number of likely N-dealkylation sites (tertiary alicyclic amines) is 1. The van der Waals surface area contributed by atoms with Gasteiger partial charge in [0.25, 0.3) is 5.91 Å². The number of aromatic nitrogens is 2. The third-order valence-electron chi connectivity index (χ3n) is 8.42. The van der Waals surface area contributed by atoms with Crippen molar-refractivity contribution in [1.82, 2.24) is 19.8 Å². The highest BCUT2D eigenvalue weighted by Crippen LogP contribution is 2.45. The lowest BCUT2D eigenvalue weighted by molar-refractivity contribution is -0.128. The highest BCUT2D eigenvalue weighted by Gasteiger charge is 2.35. The van der Waals surface area contributed by atoms with E-state index in [0.29, 0.717) is 67.8 Å². The number of benzene rings is 2. The van der Waals surface area contributed by atoms with Gasteiger partial charge in [0.15, 0.2) is 17.5 Å². The molecule has 11 heteroatoms. The predicted octanol–water partition coefficient (Wildman–Crippen LogP) is 4.46. The van der Waals surface area contributed by atoms with E-state index in [-0.39, 0.29) is 12.1 Å². The summed E-state index contributed by atoms with van der Waals surface area (Å²) in [6.07, 6.45) is 2.21. The molecule has 2 aromatic carbocycles. The van der Waals surface area contributed by atoms with E-state index in [9.17, 15) is 9.18 Å². The molecule has 0 N–H and O–H groups in total. The van der Waals surface area contributed by atoms with Crippen molar-refractivity contribution in [3.05, 3.63) is 59.4 Å². The Morgan fingerprint density at radius 1 is 1.10 bits per heavy atom. The summed E-state index contributed by atoms with van der Waals surface area (Å²) in [4.78, 5) is 29.7. The van der Waals surface area contributed by atoms with Gasteiger partial charge in [-0.1, -0.05) is 48.5 Å². The van der Waals surface area contributed by atoms with Gasteiger partial charge in [0, 0.05) is 49.7 Å². The van der Waals surface area contributed by atoms with Crippen LogP contribution < -0.4 is 19.3 Å². The minimum Gasteiger partial charge on any atom is -0.484 e. The summed E-state index contributed by atoms with van der Waals surface area (Å²) in [6.45, 7) is 6.67. The Morgan fingerprint density at radius 3 is 2.54 bits per heavy atom. The minimum absolute atomic E-state index is 0.146. The van der Waals surface area contributed by atoms with Crippen molar-refractivity contribution in [1.29, 1.82) is 0 Å². The molecule has 0 saturated carbocycles. The molecule has 3 aromatic rings. The van der Waals surface area contributed by atoms with E-state index in [4.69, 9.17) is 31.0 Å². The zero-order chi connectivity index (χ0) is 28.7. The van der Waals surface area contributed by atoms with Crippen LogP contribution in [-0.2, 0) is 4.79 Å². The monoisotopic (exact) mass is 580 g/mol. The zero-order valence-electron chi connectivity index (χ0n) is 23.4. The summed E-state index contributed by atoms with van der Waals surface area (Å²) in [5.74, 6) is 0.176. The van der Waals surface area contributed by atoms with Crippen molar-refractivity contribution >= 4 is 39.9 Å². The summed E-state index contributed by atoms with van der Waals surface area (Å²) in [7, 11) is 4.10. The van der Waals surface area contributed by atoms with Crippen molar-refractivity contribution in [3.63, 3.8) is 0 Å². The van der Waals surface area contributed by atoms with Gasteiger partial charge in [-0.25, -0.2) is 4.39 Å². The second kappa shape index (κ2) is 11.3. The van der Waals surface area contributed by atoms with E-state index in [0.717, 1.165) is 35.7 Å². The lowest BCUT2D eigenvalue weighted by Gasteiger charge is -2.39. The van der Waals surface area contributed by atoms with Gasteiger partial charge in [-0.05, 0) is 43.5 Å². The van der Waals surface area contributed by atoms with Gasteiger partial charge in [0.1, 0.15) is 13.2 Å². The van der Waals surface area contributed by atoms with Crippen LogP contribution in [0.5, 0.6) is 11.8 Å². The van der Waals surface area contributed by atoms with Gasteiger partial charge >= 0.3 is 6.01 Å². The molecule has 0 spiro atoms. The summed E-state index contributed by atoms with van der Waals surface area (Å²) < 4.78 is 26.1. The Bertz CT molecular complexity index is 1470. The average Bonchev–Trinajstić information content (AvgIpc) is 3.40. The fourth-order valence-corrected chi connectivity index (χ4v) is 6.32. The molecule has 0 aliphatic carbocycles. The van der Waals surface area contributed by atoms with Crippen LogP contribution >= 0.6 is 11.6 Å². The second-order valence-electron chi connectivity index (χ2n) is 10.9. The molecule has 9 nitrogen and oxygen atoms in total. The van der Waals surface area contributed by atoms with Crippen LogP contribution in [0.25, 0.3) is 10.8 Å². The normalized spacial score (nSPS) is 21.1. The van der Waals surface area contributed by atoms with Gasteiger partial charge in [-0.15, -0.1) is 0 Å². The average molecular weight is 581 g/mol. The van der Waals surface area contributed by atoms with Gasteiger partial charge in [0.2, 0.25) is 5.75 Å². The highest BCUT2D eigenvalue weighted by atomic mass is 35.5. The van der Waals surface area contributed by atoms with Gasteiger partial charge < -0.3 is 29.1 Å². The number of hydrogen-bond donors (Lipinski definition) is 0. The molecule has 2 saturated heterocycles. The Balaban J connectivity index is 1.34. The number of anilines is 2. The van der Waals surface area contributed by atoms with E-state index >= 15 is 0 Å². The SMILES string of the molecule is C=C(F)C(=O)N1CCN(c2nc(OCC3CCCN3C)nc3c2OCC(c2cccc4cccc(Cl)c24)N3C)CC1. The molecule has 3 aliphatic heterocycles. The van der Waals surface area contributed by atoms with Crippen molar-refractivity contribution in [2.75, 3.05) is 69.8 Å². The first kappa shape index (κ1) is 27.5. The molecule has 216 valence electrons. The van der Waals surface area contributed by atoms with E-state index < -0.39 is 11.7 Å². The van der Waals surface area contributed by atoms with Gasteiger partial charge in [-0.2, -0.15) is 9.97 Å². The molecule has 2 fully saturated rings. The maximum Gasteiger partial charge on any atom is 0.320 e. The molecule has 1 amide bonds. The summed E-state index contributed by atoms with van der Waals surface area (Å²) in [6, 6.07) is 12.5. The van der Waals surface area contributed by atoms with Crippen LogP contribution in [-0.4, -0.2) is 91.7 Å². The van der Waals surface area contributed by atoms with Crippen LogP contribution in [0.4, 0.5) is 16.0 Å². The Morgan fingerprint density at radius 2 is 1.83 bits per heavy atom. The number of carbonyl (C=O) groups is 1. The zero-order valence-corrected chi connectivity index (χ0v) is 24.1. The van der Waals surface area contributed by atoms with Crippen molar-refractivity contribution < 1.29 is 18.7 Å². The van der Waals surface area contributed by atoms with E-state index in [2.05, 4.69) is 41.6 Å². The van der Waals surface area contributed by atoms with E-state index in [1.165, 1.54) is 4.90 Å². The Labute approximate surface area is 244 Å². The third kappa shape index (κ3) is 5.26. The second-order valence-corrected chi connectivity index (χ2v) is 11.3. The Kier molecular flexibility index (Phi) is 7.61. The third-order valence-corrected chi connectivity index (χ3v) is 8.73. The molecule has 4 heterocycles. The first-order chi connectivity index (χ1) is 19.8. The summed E-state index contributed by atoms with van der Waals surface area (Å²) in [5, 5.41) is 2.74. The lowest BCUT2D eigenvalue weighted by atomic mass is 9.97. The maximum absolute atomic E-state index is 13.5. The van der Waals surface area contributed by atoms with Crippen molar-refractivity contribution in [2.45, 2.75) is 24.9 Å². The quantitative estimate of drug-likeness (QED) is 0.396. The number of hydrogen-bond acceptors (Lipinski definition) is 8. The van der Waals surface area contributed by atoms with Gasteiger partial charge in [0.05, 0.1) is 6.04 Å². The van der Waals surface area contributed by atoms with Crippen LogP contribution in [0.1, 0.15) is 24.4 Å². The number of ether oxygens (including phenoxy) is 2. The molecule has 2 unspecified atom stereocenters. The molecule has 1 aromatic heterocycles. The number of likely N-dealkylation sites (N-methyl/N-ethyl adjacent to an activating group) is 2. The standard InChI is InChI=1S/C30H34ClFN6O3/c1-19(32)29(39)38-15-13-37(14-16-38)28-26-27(33-30(34-28)41-17-21-9-6-12-35(21)2)36(3)24(18-40-26)22-10-4-7-20-8-5-11-23(31)25(20)22/h4-5,7-8,10-11,21,24H,1,6,9,12-18H2,2-3H3. The number of carbonyl (C=O) groups excluding carboxylic acids is 1. The topological polar surface area (TPSA) is 74.3 Å². The number of piperazine rings is 1. The number of fused-ring (bicyclic) bond motifs is 2. The number of rotatable bonds is 6. The number of nitrogens with zero attached hydrogens (tertiary/aromatic N) is 6. The highest BCUT2D eigenvalue weighted by molar-refractivity contribution is 6.35. The first-order valence-corrected chi connectivity index (χ1v) is 14.4. The van der Waals surface area contributed by atoms with Crippen molar-refractivity contribution in [3.8, 4) is 11.8 Å². The first-order valence-electron chi connectivity index (χ1n) is 14.0. The molecule has 3 aliphatic rings. The fourth-order valence-electron chi connectivity index (χ4n) is 6.03. The maximum atomic E-state index is 13.5. The molecule has 41 heavy (non-hydrogen) atoms. The largest absolute Gasteiger partial charge is 0.484 e. The molecular formula is C30H34ClFN6O3. The van der Waals surface area contributed by atoms with E-state index in [1.807, 2.05) is 30.1 Å². The fraction of sp³-hybridized carbons (Fsp3) is 0.433. The smallest absolute Gasteiger partial charge is 0.320 e. The Hall–Kier alpha value is -3.63. The minimum atomic E-state index is -0.949. The predicted molar refractivity (Wildman–Crippen MR) is 158 cm³/mol. The summed E-state index contributed by atoms with van der Waals surface area (Å²) in [5.41, 5.74) is 1.05. The van der Waals surface area contributed by atoms with Crippen molar-refractivity contribution in [2.24, 2.45) is 0 Å². The van der Waals surface area contributed by atoms with Crippen LogP contribution in [0.3, 0.4) is 0 Å². The molecule has 0 bridgehead atoms. The summed E-state index contributed by atoms with van der Waals surface area (Å²) >= 11 is 6.68. The molecule has 6 rings (SSSR count). The van der Waals surface area contributed by atoms with E-state index in [1.54, 1.807) is 0 Å². The number of amides is 1. The lowest BCUT2D eigenvalue weighted by Crippen LogP contribution is -2.49.